The third kappa shape index (κ3) is 2.95. The Morgan fingerprint density at radius 2 is 2.33 bits per heavy atom. The Hall–Kier alpha value is -1.24. The van der Waals surface area contributed by atoms with Crippen molar-refractivity contribution in [1.82, 2.24) is 14.9 Å². The standard InChI is InChI=1S/C12H21N5O/c1-8-6-11(16-13)15-12(14-8)7-17(3)10-4-5-18-9(10)2/h6,9-10H,4-5,7,13H2,1-3H3,(H,14,15,16). The molecule has 0 saturated carbocycles. The number of rotatable bonds is 4. The van der Waals surface area contributed by atoms with Crippen LogP contribution in [0.25, 0.3) is 0 Å². The Balaban J connectivity index is 2.06. The van der Waals surface area contributed by atoms with Crippen molar-refractivity contribution in [3.05, 3.63) is 17.6 Å². The SMILES string of the molecule is Cc1cc(NN)nc(CN(C)C2CCOC2C)n1. The topological polar surface area (TPSA) is 76.3 Å². The Labute approximate surface area is 108 Å². The number of nitrogens with one attached hydrogen (secondary N) is 1. The Bertz CT molecular complexity index is 411. The summed E-state index contributed by atoms with van der Waals surface area (Å²) < 4.78 is 5.58. The minimum Gasteiger partial charge on any atom is -0.377 e. The van der Waals surface area contributed by atoms with Crippen molar-refractivity contribution >= 4 is 5.82 Å². The maximum absolute atomic E-state index is 5.58. The van der Waals surface area contributed by atoms with E-state index in [2.05, 4.69) is 34.3 Å². The zero-order chi connectivity index (χ0) is 13.1. The summed E-state index contributed by atoms with van der Waals surface area (Å²) >= 11 is 0. The van der Waals surface area contributed by atoms with Crippen LogP contribution in [0.1, 0.15) is 24.9 Å². The second kappa shape index (κ2) is 5.60. The number of hydrogen-bond donors (Lipinski definition) is 2. The van der Waals surface area contributed by atoms with Crippen molar-refractivity contribution in [2.24, 2.45) is 5.84 Å². The van der Waals surface area contributed by atoms with Gasteiger partial charge in [-0.25, -0.2) is 15.8 Å². The molecule has 1 saturated heterocycles. The van der Waals surface area contributed by atoms with Gasteiger partial charge in [0.2, 0.25) is 0 Å². The molecule has 3 N–H and O–H groups in total. The van der Waals surface area contributed by atoms with Crippen molar-refractivity contribution in [3.63, 3.8) is 0 Å². The van der Waals surface area contributed by atoms with E-state index in [0.717, 1.165) is 24.5 Å². The molecule has 0 spiro atoms. The van der Waals surface area contributed by atoms with Crippen LogP contribution < -0.4 is 11.3 Å². The number of nitrogen functional groups attached to an aromatic ring is 1. The molecule has 0 aliphatic carbocycles. The second-order valence-corrected chi connectivity index (χ2v) is 4.80. The summed E-state index contributed by atoms with van der Waals surface area (Å²) in [5.41, 5.74) is 3.48. The zero-order valence-corrected chi connectivity index (χ0v) is 11.2. The molecule has 1 fully saturated rings. The predicted octanol–water partition coefficient (Wildman–Crippen LogP) is 0.680. The van der Waals surface area contributed by atoms with Gasteiger partial charge in [-0.15, -0.1) is 0 Å². The first-order valence-corrected chi connectivity index (χ1v) is 6.23. The number of likely N-dealkylation sites (N-methyl/N-ethyl adjacent to an activating group) is 1. The molecule has 1 aliphatic heterocycles. The van der Waals surface area contributed by atoms with E-state index in [0.29, 0.717) is 18.4 Å². The average Bonchev–Trinajstić information content (AvgIpc) is 2.74. The number of aryl methyl sites for hydroxylation is 1. The highest BCUT2D eigenvalue weighted by Crippen LogP contribution is 2.19. The molecule has 18 heavy (non-hydrogen) atoms. The van der Waals surface area contributed by atoms with Crippen LogP contribution in [-0.4, -0.2) is 40.7 Å². The molecule has 6 heteroatoms. The van der Waals surface area contributed by atoms with Crippen molar-refractivity contribution in [1.29, 1.82) is 0 Å². The Kier molecular flexibility index (Phi) is 4.11. The van der Waals surface area contributed by atoms with Gasteiger partial charge in [0.05, 0.1) is 12.6 Å². The van der Waals surface area contributed by atoms with Gasteiger partial charge in [0.15, 0.2) is 0 Å². The molecule has 1 aromatic heterocycles. The maximum atomic E-state index is 5.58. The molecule has 2 atom stereocenters. The molecule has 2 rings (SSSR count). The number of aromatic nitrogens is 2. The summed E-state index contributed by atoms with van der Waals surface area (Å²) in [4.78, 5) is 11.0. The lowest BCUT2D eigenvalue weighted by Gasteiger charge is -2.25. The van der Waals surface area contributed by atoms with Crippen LogP contribution in [0.4, 0.5) is 5.82 Å². The first-order valence-electron chi connectivity index (χ1n) is 6.23. The van der Waals surface area contributed by atoms with E-state index in [-0.39, 0.29) is 6.10 Å². The molecule has 2 unspecified atom stereocenters. The summed E-state index contributed by atoms with van der Waals surface area (Å²) in [5.74, 6) is 6.82. The summed E-state index contributed by atoms with van der Waals surface area (Å²) in [5, 5.41) is 0. The van der Waals surface area contributed by atoms with Crippen LogP contribution in [0.3, 0.4) is 0 Å². The van der Waals surface area contributed by atoms with E-state index in [4.69, 9.17) is 10.6 Å². The molecule has 6 nitrogen and oxygen atoms in total. The van der Waals surface area contributed by atoms with Gasteiger partial charge in [0, 0.05) is 24.4 Å². The molecule has 100 valence electrons. The summed E-state index contributed by atoms with van der Waals surface area (Å²) in [6.45, 7) is 5.58. The molecule has 1 aromatic rings. The van der Waals surface area contributed by atoms with Gasteiger partial charge >= 0.3 is 0 Å². The fourth-order valence-electron chi connectivity index (χ4n) is 2.41. The van der Waals surface area contributed by atoms with Crippen LogP contribution >= 0.6 is 0 Å². The normalized spacial score (nSPS) is 23.6. The van der Waals surface area contributed by atoms with E-state index in [1.807, 2.05) is 13.0 Å². The first-order chi connectivity index (χ1) is 8.60. The molecule has 2 heterocycles. The van der Waals surface area contributed by atoms with Gasteiger partial charge in [0.25, 0.3) is 0 Å². The summed E-state index contributed by atoms with van der Waals surface area (Å²) in [7, 11) is 2.08. The number of anilines is 1. The smallest absolute Gasteiger partial charge is 0.145 e. The number of ether oxygens (including phenoxy) is 1. The van der Waals surface area contributed by atoms with Crippen LogP contribution in [-0.2, 0) is 11.3 Å². The van der Waals surface area contributed by atoms with Crippen molar-refractivity contribution in [2.75, 3.05) is 19.1 Å². The van der Waals surface area contributed by atoms with Crippen molar-refractivity contribution < 1.29 is 4.74 Å². The van der Waals surface area contributed by atoms with Gasteiger partial charge in [-0.05, 0) is 27.3 Å². The van der Waals surface area contributed by atoms with Crippen molar-refractivity contribution in [3.8, 4) is 0 Å². The highest BCUT2D eigenvalue weighted by atomic mass is 16.5. The number of hydrazine groups is 1. The van der Waals surface area contributed by atoms with E-state index < -0.39 is 0 Å². The zero-order valence-electron chi connectivity index (χ0n) is 11.2. The largest absolute Gasteiger partial charge is 0.377 e. The molecular weight excluding hydrogens is 230 g/mol. The fraction of sp³-hybridized carbons (Fsp3) is 0.667. The third-order valence-electron chi connectivity index (χ3n) is 3.34. The van der Waals surface area contributed by atoms with E-state index >= 15 is 0 Å². The lowest BCUT2D eigenvalue weighted by molar-refractivity contribution is 0.0806. The van der Waals surface area contributed by atoms with Gasteiger partial charge in [-0.1, -0.05) is 0 Å². The summed E-state index contributed by atoms with van der Waals surface area (Å²) in [6.07, 6.45) is 1.33. The van der Waals surface area contributed by atoms with E-state index in [9.17, 15) is 0 Å². The molecule has 0 radical (unpaired) electrons. The molecule has 0 aromatic carbocycles. The van der Waals surface area contributed by atoms with Gasteiger partial charge in [-0.2, -0.15) is 0 Å². The van der Waals surface area contributed by atoms with Crippen LogP contribution in [0, 0.1) is 6.92 Å². The predicted molar refractivity (Wildman–Crippen MR) is 69.9 cm³/mol. The highest BCUT2D eigenvalue weighted by molar-refractivity contribution is 5.33. The van der Waals surface area contributed by atoms with Gasteiger partial charge in [0.1, 0.15) is 11.6 Å². The van der Waals surface area contributed by atoms with Crippen LogP contribution in [0.2, 0.25) is 0 Å². The first kappa shape index (κ1) is 13.2. The minimum absolute atomic E-state index is 0.270. The monoisotopic (exact) mass is 251 g/mol. The van der Waals surface area contributed by atoms with Gasteiger partial charge < -0.3 is 10.2 Å². The quantitative estimate of drug-likeness (QED) is 0.605. The minimum atomic E-state index is 0.270. The third-order valence-corrected chi connectivity index (χ3v) is 3.34. The Morgan fingerprint density at radius 3 is 2.94 bits per heavy atom. The molecule has 0 amide bonds. The lowest BCUT2D eigenvalue weighted by Crippen LogP contribution is -2.36. The van der Waals surface area contributed by atoms with Crippen molar-refractivity contribution in [2.45, 2.75) is 39.0 Å². The molecular formula is C12H21N5O. The van der Waals surface area contributed by atoms with E-state index in [1.54, 1.807) is 0 Å². The average molecular weight is 251 g/mol. The highest BCUT2D eigenvalue weighted by Gasteiger charge is 2.28. The van der Waals surface area contributed by atoms with Gasteiger partial charge in [-0.3, -0.25) is 4.90 Å². The number of nitrogens with two attached hydrogens (primary N) is 1. The fourth-order valence-corrected chi connectivity index (χ4v) is 2.41. The van der Waals surface area contributed by atoms with Crippen LogP contribution in [0.15, 0.2) is 6.07 Å². The lowest BCUT2D eigenvalue weighted by atomic mass is 10.1. The number of nitrogens with zero attached hydrogens (tertiary/aromatic N) is 3. The summed E-state index contributed by atoms with van der Waals surface area (Å²) in [6, 6.07) is 2.26. The molecule has 0 bridgehead atoms. The maximum Gasteiger partial charge on any atom is 0.145 e. The van der Waals surface area contributed by atoms with Crippen LogP contribution in [0.5, 0.6) is 0 Å². The van der Waals surface area contributed by atoms with E-state index in [1.165, 1.54) is 0 Å². The Morgan fingerprint density at radius 1 is 1.56 bits per heavy atom. The number of hydrogen-bond acceptors (Lipinski definition) is 6. The second-order valence-electron chi connectivity index (χ2n) is 4.80. The molecule has 1 aliphatic rings.